The second-order valence-electron chi connectivity index (χ2n) is 10.1. The van der Waals surface area contributed by atoms with E-state index in [0.717, 1.165) is 12.3 Å². The molecule has 0 bridgehead atoms. The number of carbonyl (C=O) groups excluding carboxylic acids is 1. The fourth-order valence-corrected chi connectivity index (χ4v) is 5.01. The molecule has 3 aromatic heterocycles. The second kappa shape index (κ2) is 8.80. The van der Waals surface area contributed by atoms with Gasteiger partial charge in [0, 0.05) is 11.1 Å². The minimum Gasteiger partial charge on any atom is -0.493 e. The Morgan fingerprint density at radius 3 is 2.66 bits per heavy atom. The summed E-state index contributed by atoms with van der Waals surface area (Å²) in [4.78, 5) is 19.1. The third kappa shape index (κ3) is 4.07. The van der Waals surface area contributed by atoms with Crippen LogP contribution in [-0.4, -0.2) is 44.5 Å². The summed E-state index contributed by atoms with van der Waals surface area (Å²) in [6.07, 6.45) is 1.71. The predicted molar refractivity (Wildman–Crippen MR) is 134 cm³/mol. The Hall–Kier alpha value is -3.99. The van der Waals surface area contributed by atoms with Gasteiger partial charge in [0.15, 0.2) is 17.2 Å². The van der Waals surface area contributed by atoms with Gasteiger partial charge in [-0.15, -0.1) is 10.2 Å². The Labute approximate surface area is 220 Å². The van der Waals surface area contributed by atoms with E-state index in [1.165, 1.54) is 21.7 Å². The third-order valence-corrected chi connectivity index (χ3v) is 6.60. The summed E-state index contributed by atoms with van der Waals surface area (Å²) in [5.41, 5.74) is 1.05. The summed E-state index contributed by atoms with van der Waals surface area (Å²) >= 11 is 6.34. The second-order valence-corrected chi connectivity index (χ2v) is 10.5. The maximum absolute atomic E-state index is 15.3. The number of hydrogen-bond donors (Lipinski definition) is 0. The zero-order chi connectivity index (χ0) is 26.8. The molecule has 0 unspecified atom stereocenters. The molecule has 0 radical (unpaired) electrons. The molecule has 0 N–H and O–H groups in total. The van der Waals surface area contributed by atoms with E-state index in [-0.39, 0.29) is 47.0 Å². The number of nitrogens with zero attached hydrogens (tertiary/aromatic N) is 5. The number of rotatable bonds is 1. The molecule has 0 fully saturated rings. The molecule has 0 spiro atoms. The van der Waals surface area contributed by atoms with Crippen molar-refractivity contribution in [1.29, 1.82) is 0 Å². The van der Waals surface area contributed by atoms with E-state index in [1.807, 2.05) is 0 Å². The Bertz CT molecular complexity index is 1600. The Morgan fingerprint density at radius 2 is 1.92 bits per heavy atom. The molecule has 0 saturated carbocycles. The molecule has 5 heterocycles. The fraction of sp³-hybridized carbons (Fsp3) is 0.308. The van der Waals surface area contributed by atoms with Crippen LogP contribution in [0, 0.1) is 11.6 Å². The topological polar surface area (TPSA) is 91.1 Å². The van der Waals surface area contributed by atoms with Crippen molar-refractivity contribution < 1.29 is 27.8 Å². The minimum absolute atomic E-state index is 0.0604. The van der Waals surface area contributed by atoms with E-state index in [1.54, 1.807) is 32.9 Å². The van der Waals surface area contributed by atoms with Crippen LogP contribution in [0.15, 0.2) is 36.8 Å². The Balaban J connectivity index is 1.61. The molecule has 0 aliphatic carbocycles. The van der Waals surface area contributed by atoms with Crippen LogP contribution in [0.5, 0.6) is 11.5 Å². The van der Waals surface area contributed by atoms with Crippen LogP contribution in [-0.2, 0) is 11.3 Å². The zero-order valence-corrected chi connectivity index (χ0v) is 21.4. The number of hydrogen-bond acceptors (Lipinski definition) is 7. The highest BCUT2D eigenvalue weighted by atomic mass is 35.5. The smallest absolute Gasteiger partial charge is 0.416 e. The van der Waals surface area contributed by atoms with E-state index in [0.29, 0.717) is 29.0 Å². The van der Waals surface area contributed by atoms with Gasteiger partial charge < -0.3 is 14.2 Å². The first kappa shape index (κ1) is 24.4. The molecule has 6 rings (SSSR count). The number of halogens is 3. The van der Waals surface area contributed by atoms with Gasteiger partial charge in [0.05, 0.1) is 48.2 Å². The van der Waals surface area contributed by atoms with Crippen molar-refractivity contribution in [1.82, 2.24) is 19.6 Å². The van der Waals surface area contributed by atoms with Crippen LogP contribution < -0.4 is 14.4 Å². The first-order chi connectivity index (χ1) is 18.1. The van der Waals surface area contributed by atoms with Crippen LogP contribution in [0.2, 0.25) is 5.02 Å². The van der Waals surface area contributed by atoms with Crippen molar-refractivity contribution in [2.45, 2.75) is 38.8 Å². The number of fused-ring (bicyclic) bond motifs is 3. The molecule has 196 valence electrons. The molecular weight excluding hydrogens is 520 g/mol. The van der Waals surface area contributed by atoms with E-state index in [4.69, 9.17) is 25.8 Å². The zero-order valence-electron chi connectivity index (χ0n) is 20.7. The number of anilines is 1. The lowest BCUT2D eigenvalue weighted by Crippen LogP contribution is -2.38. The summed E-state index contributed by atoms with van der Waals surface area (Å²) in [7, 11) is 0. The summed E-state index contributed by atoms with van der Waals surface area (Å²) < 4.78 is 48.4. The number of amides is 1. The van der Waals surface area contributed by atoms with E-state index < -0.39 is 23.3 Å². The highest BCUT2D eigenvalue weighted by molar-refractivity contribution is 6.33. The normalized spacial score (nSPS) is 16.6. The molecule has 4 aromatic rings. The number of carbonyl (C=O) groups is 1. The van der Waals surface area contributed by atoms with Crippen molar-refractivity contribution in [2.75, 3.05) is 18.1 Å². The van der Waals surface area contributed by atoms with Gasteiger partial charge in [0.25, 0.3) is 0 Å². The standard InChI is InChI=1S/C26H22ClF2N5O4/c1-26(2,3)38-25(35)33-9-16-18(29)4-5-19-21(16)13(10-36-19)11-37-20-7-15(22-17(27)6-14(28)8-30-22)23-32-31-12-34(23)24(20)33/h4-8,12-13H,9-11H2,1-3H3/t13-/m1/s1. The molecule has 1 amide bonds. The summed E-state index contributed by atoms with van der Waals surface area (Å²) in [6.45, 7) is 5.48. The van der Waals surface area contributed by atoms with Crippen molar-refractivity contribution in [3.8, 4) is 22.8 Å². The van der Waals surface area contributed by atoms with E-state index in [2.05, 4.69) is 15.2 Å². The maximum atomic E-state index is 15.3. The quantitative estimate of drug-likeness (QED) is 0.313. The molecule has 1 atom stereocenters. The number of pyridine rings is 2. The minimum atomic E-state index is -0.836. The van der Waals surface area contributed by atoms with Gasteiger partial charge in [-0.05, 0) is 45.0 Å². The van der Waals surface area contributed by atoms with Gasteiger partial charge in [-0.25, -0.2) is 13.6 Å². The molecule has 1 aromatic carbocycles. The van der Waals surface area contributed by atoms with Gasteiger partial charge >= 0.3 is 6.09 Å². The van der Waals surface area contributed by atoms with Crippen LogP contribution in [0.4, 0.5) is 19.4 Å². The van der Waals surface area contributed by atoms with Gasteiger partial charge in [-0.1, -0.05) is 11.6 Å². The van der Waals surface area contributed by atoms with Crippen LogP contribution >= 0.6 is 11.6 Å². The Morgan fingerprint density at radius 1 is 1.16 bits per heavy atom. The molecule has 38 heavy (non-hydrogen) atoms. The van der Waals surface area contributed by atoms with Gasteiger partial charge in [0.2, 0.25) is 0 Å². The number of benzene rings is 1. The first-order valence-electron chi connectivity index (χ1n) is 11.9. The Kier molecular flexibility index (Phi) is 5.64. The summed E-state index contributed by atoms with van der Waals surface area (Å²) in [6, 6.07) is 5.66. The first-order valence-corrected chi connectivity index (χ1v) is 12.2. The van der Waals surface area contributed by atoms with Gasteiger partial charge in [0.1, 0.15) is 29.3 Å². The van der Waals surface area contributed by atoms with Crippen molar-refractivity contribution in [3.63, 3.8) is 0 Å². The molecule has 12 heteroatoms. The molecule has 0 saturated heterocycles. The lowest BCUT2D eigenvalue weighted by atomic mass is 9.95. The van der Waals surface area contributed by atoms with E-state index >= 15 is 4.39 Å². The largest absolute Gasteiger partial charge is 0.493 e. The highest BCUT2D eigenvalue weighted by Gasteiger charge is 2.37. The number of ether oxygens (including phenoxy) is 3. The average Bonchev–Trinajstić information content (AvgIpc) is 3.49. The average molecular weight is 542 g/mol. The van der Waals surface area contributed by atoms with Gasteiger partial charge in [-0.2, -0.15) is 0 Å². The number of aromatic nitrogens is 4. The molecule has 2 aliphatic heterocycles. The maximum Gasteiger partial charge on any atom is 0.416 e. The molecule has 2 aliphatic rings. The lowest BCUT2D eigenvalue weighted by Gasteiger charge is -2.29. The fourth-order valence-electron chi connectivity index (χ4n) is 4.76. The van der Waals surface area contributed by atoms with Crippen LogP contribution in [0.1, 0.15) is 37.8 Å². The predicted octanol–water partition coefficient (Wildman–Crippen LogP) is 5.53. The van der Waals surface area contributed by atoms with Crippen LogP contribution in [0.3, 0.4) is 0 Å². The van der Waals surface area contributed by atoms with Gasteiger partial charge in [-0.3, -0.25) is 14.3 Å². The highest BCUT2D eigenvalue weighted by Crippen LogP contribution is 2.44. The lowest BCUT2D eigenvalue weighted by molar-refractivity contribution is 0.0574. The van der Waals surface area contributed by atoms with Crippen molar-refractivity contribution in [2.24, 2.45) is 0 Å². The van der Waals surface area contributed by atoms with Crippen LogP contribution in [0.25, 0.3) is 16.9 Å². The molecule has 9 nitrogen and oxygen atoms in total. The third-order valence-electron chi connectivity index (χ3n) is 6.31. The van der Waals surface area contributed by atoms with E-state index in [9.17, 15) is 9.18 Å². The van der Waals surface area contributed by atoms with Crippen molar-refractivity contribution >= 4 is 29.2 Å². The summed E-state index contributed by atoms with van der Waals surface area (Å²) in [5.74, 6) is -0.322. The SMILES string of the molecule is CC(C)(C)OC(=O)N1Cc2c(F)ccc3c2[C@H](CO3)COc2cc(-c3ncc(F)cc3Cl)c3nncn3c21. The van der Waals surface area contributed by atoms with Crippen molar-refractivity contribution in [3.05, 3.63) is 64.6 Å². The molecular formula is C26H22ClF2N5O4. The monoisotopic (exact) mass is 541 g/mol. The summed E-state index contributed by atoms with van der Waals surface area (Å²) in [5, 5.41) is 8.30.